The zero-order chi connectivity index (χ0) is 14.3. The first-order valence-corrected chi connectivity index (χ1v) is 7.26. The zero-order valence-electron chi connectivity index (χ0n) is 12.3. The highest BCUT2D eigenvalue weighted by molar-refractivity contribution is 5.80. The van der Waals surface area contributed by atoms with Crippen molar-refractivity contribution in [2.75, 3.05) is 26.2 Å². The summed E-state index contributed by atoms with van der Waals surface area (Å²) in [5, 5.41) is 3.19. The highest BCUT2D eigenvalue weighted by Crippen LogP contribution is 2.17. The minimum atomic E-state index is -0.171. The summed E-state index contributed by atoms with van der Waals surface area (Å²) >= 11 is 0. The molecule has 5 nitrogen and oxygen atoms in total. The summed E-state index contributed by atoms with van der Waals surface area (Å²) in [5.74, 6) is -0.245. The van der Waals surface area contributed by atoms with E-state index in [0.717, 1.165) is 25.8 Å². The first-order chi connectivity index (χ1) is 9.08. The van der Waals surface area contributed by atoms with Crippen LogP contribution in [0.4, 0.5) is 0 Å². The van der Waals surface area contributed by atoms with Crippen LogP contribution in [0.2, 0.25) is 0 Å². The fraction of sp³-hybridized carbons (Fsp3) is 0.857. The zero-order valence-corrected chi connectivity index (χ0v) is 12.3. The Hall–Kier alpha value is -1.10. The summed E-state index contributed by atoms with van der Waals surface area (Å²) in [6.07, 6.45) is 2.69. The van der Waals surface area contributed by atoms with Crippen molar-refractivity contribution in [2.45, 2.75) is 46.1 Å². The molecule has 0 aromatic heterocycles. The van der Waals surface area contributed by atoms with Crippen LogP contribution in [-0.2, 0) is 14.3 Å². The largest absolute Gasteiger partial charge is 0.466 e. The number of rotatable bonds is 6. The average Bonchev–Trinajstić information content (AvgIpc) is 2.44. The second-order valence-corrected chi connectivity index (χ2v) is 5.12. The third-order valence-electron chi connectivity index (χ3n) is 3.61. The number of esters is 1. The topological polar surface area (TPSA) is 58.6 Å². The second kappa shape index (κ2) is 8.15. The van der Waals surface area contributed by atoms with Crippen LogP contribution < -0.4 is 5.32 Å². The second-order valence-electron chi connectivity index (χ2n) is 5.12. The van der Waals surface area contributed by atoms with Crippen LogP contribution in [0, 0.1) is 5.92 Å². The van der Waals surface area contributed by atoms with Crippen molar-refractivity contribution in [2.24, 2.45) is 5.92 Å². The van der Waals surface area contributed by atoms with Gasteiger partial charge in [-0.25, -0.2) is 0 Å². The van der Waals surface area contributed by atoms with Gasteiger partial charge in [0.2, 0.25) is 5.91 Å². The van der Waals surface area contributed by atoms with E-state index in [1.807, 2.05) is 0 Å². The first-order valence-electron chi connectivity index (χ1n) is 7.26. The monoisotopic (exact) mass is 270 g/mol. The summed E-state index contributed by atoms with van der Waals surface area (Å²) in [4.78, 5) is 25.5. The third-order valence-corrected chi connectivity index (χ3v) is 3.61. The van der Waals surface area contributed by atoms with E-state index in [0.29, 0.717) is 25.7 Å². The van der Waals surface area contributed by atoms with Gasteiger partial charge in [-0.1, -0.05) is 6.92 Å². The number of nitrogens with one attached hydrogen (secondary N) is 1. The summed E-state index contributed by atoms with van der Waals surface area (Å²) in [7, 11) is 0. The fourth-order valence-electron chi connectivity index (χ4n) is 2.17. The molecule has 5 heteroatoms. The molecule has 110 valence electrons. The maximum absolute atomic E-state index is 12.1. The van der Waals surface area contributed by atoms with E-state index >= 15 is 0 Å². The fourth-order valence-corrected chi connectivity index (χ4v) is 2.17. The van der Waals surface area contributed by atoms with Crippen molar-refractivity contribution in [3.05, 3.63) is 0 Å². The van der Waals surface area contributed by atoms with E-state index in [9.17, 15) is 9.59 Å². The van der Waals surface area contributed by atoms with Crippen molar-refractivity contribution in [1.82, 2.24) is 10.2 Å². The molecule has 0 aromatic carbocycles. The molecule has 0 radical (unpaired) electrons. The molecule has 0 spiro atoms. The Labute approximate surface area is 115 Å². The number of likely N-dealkylation sites (tertiary alicyclic amines) is 1. The molecule has 0 aromatic rings. The molecule has 2 unspecified atom stereocenters. The minimum Gasteiger partial charge on any atom is -0.466 e. The van der Waals surface area contributed by atoms with Crippen LogP contribution in [0.5, 0.6) is 0 Å². The van der Waals surface area contributed by atoms with Crippen molar-refractivity contribution < 1.29 is 14.3 Å². The van der Waals surface area contributed by atoms with E-state index in [1.54, 1.807) is 11.8 Å². The molecule has 1 heterocycles. The van der Waals surface area contributed by atoms with E-state index in [1.165, 1.54) is 0 Å². The molecule has 1 amide bonds. The lowest BCUT2D eigenvalue weighted by Gasteiger charge is -2.32. The Kier molecular flexibility index (Phi) is 6.84. The van der Waals surface area contributed by atoms with Gasteiger partial charge in [0.1, 0.15) is 0 Å². The Morgan fingerprint density at radius 1 is 1.42 bits per heavy atom. The van der Waals surface area contributed by atoms with Crippen molar-refractivity contribution in [3.63, 3.8) is 0 Å². The molecule has 1 aliphatic heterocycles. The minimum absolute atomic E-state index is 0.0781. The van der Waals surface area contributed by atoms with Gasteiger partial charge in [0.15, 0.2) is 0 Å². The first kappa shape index (κ1) is 16.0. The van der Waals surface area contributed by atoms with Crippen molar-refractivity contribution in [3.8, 4) is 0 Å². The van der Waals surface area contributed by atoms with Gasteiger partial charge in [-0.3, -0.25) is 9.59 Å². The van der Waals surface area contributed by atoms with Gasteiger partial charge in [0.25, 0.3) is 0 Å². The Bertz CT molecular complexity index is 307. The van der Waals surface area contributed by atoms with Crippen LogP contribution >= 0.6 is 0 Å². The van der Waals surface area contributed by atoms with Crippen molar-refractivity contribution >= 4 is 11.9 Å². The maximum atomic E-state index is 12.1. The molecular weight excluding hydrogens is 244 g/mol. The standard InChI is InChI=1S/C14H26N2O3/c1-4-11(3)15-9-13(17)16-8-6-7-12(10-16)14(18)19-5-2/h11-12,15H,4-10H2,1-3H3. The number of amides is 1. The lowest BCUT2D eigenvalue weighted by Crippen LogP contribution is -2.47. The van der Waals surface area contributed by atoms with Crippen molar-refractivity contribution in [1.29, 1.82) is 0 Å². The maximum Gasteiger partial charge on any atom is 0.310 e. The average molecular weight is 270 g/mol. The van der Waals surface area contributed by atoms with Gasteiger partial charge in [-0.05, 0) is 33.1 Å². The van der Waals surface area contributed by atoms with Crippen LogP contribution in [-0.4, -0.2) is 49.1 Å². The number of carbonyl (C=O) groups excluding carboxylic acids is 2. The molecule has 1 N–H and O–H groups in total. The molecule has 1 aliphatic rings. The van der Waals surface area contributed by atoms with Crippen LogP contribution in [0.1, 0.15) is 40.0 Å². The summed E-state index contributed by atoms with van der Waals surface area (Å²) in [6.45, 7) is 7.95. The number of hydrogen-bond acceptors (Lipinski definition) is 4. The SMILES string of the molecule is CCOC(=O)C1CCCN(C(=O)CNC(C)CC)C1. The predicted octanol–water partition coefficient (Wildman–Crippen LogP) is 1.18. The number of carbonyl (C=O) groups is 2. The Morgan fingerprint density at radius 3 is 2.79 bits per heavy atom. The summed E-state index contributed by atoms with van der Waals surface area (Å²) in [6, 6.07) is 0.342. The third kappa shape index (κ3) is 5.19. The number of ether oxygens (including phenoxy) is 1. The quantitative estimate of drug-likeness (QED) is 0.736. The van der Waals surface area contributed by atoms with Gasteiger partial charge in [0, 0.05) is 19.1 Å². The predicted molar refractivity (Wildman–Crippen MR) is 73.7 cm³/mol. The summed E-state index contributed by atoms with van der Waals surface area (Å²) < 4.78 is 5.03. The van der Waals surface area contributed by atoms with Gasteiger partial charge in [-0.15, -0.1) is 0 Å². The van der Waals surface area contributed by atoms with E-state index < -0.39 is 0 Å². The number of nitrogens with zero attached hydrogens (tertiary/aromatic N) is 1. The number of piperidine rings is 1. The highest BCUT2D eigenvalue weighted by atomic mass is 16.5. The van der Waals surface area contributed by atoms with Crippen LogP contribution in [0.25, 0.3) is 0 Å². The van der Waals surface area contributed by atoms with Gasteiger partial charge < -0.3 is 15.0 Å². The molecule has 0 saturated carbocycles. The lowest BCUT2D eigenvalue weighted by molar-refractivity contribution is -0.151. The number of hydrogen-bond donors (Lipinski definition) is 1. The smallest absolute Gasteiger partial charge is 0.310 e. The molecule has 0 bridgehead atoms. The van der Waals surface area contributed by atoms with E-state index in [4.69, 9.17) is 4.74 Å². The highest BCUT2D eigenvalue weighted by Gasteiger charge is 2.29. The normalized spacial score (nSPS) is 21.0. The van der Waals surface area contributed by atoms with Crippen LogP contribution in [0.15, 0.2) is 0 Å². The lowest BCUT2D eigenvalue weighted by atomic mass is 9.98. The van der Waals surface area contributed by atoms with E-state index in [-0.39, 0.29) is 17.8 Å². The summed E-state index contributed by atoms with van der Waals surface area (Å²) in [5.41, 5.74) is 0. The molecule has 1 saturated heterocycles. The molecule has 1 rings (SSSR count). The van der Waals surface area contributed by atoms with E-state index in [2.05, 4.69) is 19.2 Å². The molecule has 0 aliphatic carbocycles. The van der Waals surface area contributed by atoms with Gasteiger partial charge in [0.05, 0.1) is 19.1 Å². The molecule has 2 atom stereocenters. The van der Waals surface area contributed by atoms with Gasteiger partial charge in [-0.2, -0.15) is 0 Å². The molecule has 1 fully saturated rings. The molecular formula is C14H26N2O3. The Balaban J connectivity index is 2.41. The Morgan fingerprint density at radius 2 is 2.16 bits per heavy atom. The molecule has 19 heavy (non-hydrogen) atoms. The van der Waals surface area contributed by atoms with Gasteiger partial charge >= 0.3 is 5.97 Å². The van der Waals surface area contributed by atoms with Crippen LogP contribution in [0.3, 0.4) is 0 Å².